The van der Waals surface area contributed by atoms with E-state index in [1.54, 1.807) is 24.3 Å². The SMILES string of the molecule is CCN(CC)S(=O)(=O)N1CCC(=O)c2ccccc21. The van der Waals surface area contributed by atoms with Crippen molar-refractivity contribution in [2.75, 3.05) is 23.9 Å². The van der Waals surface area contributed by atoms with Crippen LogP contribution >= 0.6 is 0 Å². The first-order valence-corrected chi connectivity index (χ1v) is 7.82. The van der Waals surface area contributed by atoms with Crippen LogP contribution in [-0.2, 0) is 10.2 Å². The quantitative estimate of drug-likeness (QED) is 0.844. The number of ketones is 1. The molecule has 1 aromatic rings. The van der Waals surface area contributed by atoms with Crippen LogP contribution in [0, 0.1) is 0 Å². The lowest BCUT2D eigenvalue weighted by atomic mass is 10.0. The summed E-state index contributed by atoms with van der Waals surface area (Å²) in [6.07, 6.45) is 0.234. The standard InChI is InChI=1S/C13H18N2O3S/c1-3-14(4-2)19(17,18)15-10-9-13(16)11-7-5-6-8-12(11)15/h5-8H,3-4,9-10H2,1-2H3. The van der Waals surface area contributed by atoms with Gasteiger partial charge in [0.1, 0.15) is 0 Å². The molecule has 2 rings (SSSR count). The summed E-state index contributed by atoms with van der Waals surface area (Å²) in [6, 6.07) is 6.88. The van der Waals surface area contributed by atoms with E-state index in [-0.39, 0.29) is 18.7 Å². The van der Waals surface area contributed by atoms with Gasteiger partial charge in [-0.15, -0.1) is 0 Å². The van der Waals surface area contributed by atoms with Gasteiger partial charge in [0.05, 0.1) is 5.69 Å². The van der Waals surface area contributed by atoms with E-state index >= 15 is 0 Å². The molecule has 1 heterocycles. The molecular formula is C13H18N2O3S. The maximum absolute atomic E-state index is 12.6. The van der Waals surface area contributed by atoms with E-state index in [1.807, 2.05) is 13.8 Å². The van der Waals surface area contributed by atoms with Crippen LogP contribution in [0.3, 0.4) is 0 Å². The molecule has 1 aromatic carbocycles. The van der Waals surface area contributed by atoms with Gasteiger partial charge in [-0.2, -0.15) is 12.7 Å². The smallest absolute Gasteiger partial charge is 0.294 e. The zero-order chi connectivity index (χ0) is 14.0. The molecule has 0 fully saturated rings. The van der Waals surface area contributed by atoms with Gasteiger partial charge in [0.2, 0.25) is 0 Å². The van der Waals surface area contributed by atoms with Crippen molar-refractivity contribution >= 4 is 21.7 Å². The monoisotopic (exact) mass is 282 g/mol. The van der Waals surface area contributed by atoms with Crippen LogP contribution in [0.25, 0.3) is 0 Å². The Morgan fingerprint density at radius 3 is 2.47 bits per heavy atom. The van der Waals surface area contributed by atoms with Gasteiger partial charge in [-0.25, -0.2) is 0 Å². The number of nitrogens with zero attached hydrogens (tertiary/aromatic N) is 2. The number of para-hydroxylation sites is 1. The number of anilines is 1. The van der Waals surface area contributed by atoms with Crippen LogP contribution in [0.2, 0.25) is 0 Å². The van der Waals surface area contributed by atoms with Crippen LogP contribution in [0.4, 0.5) is 5.69 Å². The highest BCUT2D eigenvalue weighted by molar-refractivity contribution is 7.90. The normalized spacial score (nSPS) is 15.7. The first-order valence-electron chi connectivity index (χ1n) is 6.42. The summed E-state index contributed by atoms with van der Waals surface area (Å²) in [4.78, 5) is 11.8. The number of hydrogen-bond acceptors (Lipinski definition) is 3. The average Bonchev–Trinajstić information content (AvgIpc) is 2.40. The third-order valence-electron chi connectivity index (χ3n) is 3.33. The molecule has 0 unspecified atom stereocenters. The van der Waals surface area contributed by atoms with Gasteiger partial charge in [0, 0.05) is 31.6 Å². The van der Waals surface area contributed by atoms with E-state index in [0.29, 0.717) is 24.3 Å². The molecule has 0 aliphatic carbocycles. The molecule has 6 heteroatoms. The van der Waals surface area contributed by atoms with Crippen LogP contribution in [0.15, 0.2) is 24.3 Å². The van der Waals surface area contributed by atoms with Gasteiger partial charge in [-0.05, 0) is 12.1 Å². The zero-order valence-corrected chi connectivity index (χ0v) is 12.0. The summed E-state index contributed by atoms with van der Waals surface area (Å²) in [5.74, 6) is 0.00148. The van der Waals surface area contributed by atoms with Crippen molar-refractivity contribution in [2.45, 2.75) is 20.3 Å². The number of carbonyl (C=O) groups excluding carboxylic acids is 1. The van der Waals surface area contributed by atoms with E-state index in [4.69, 9.17) is 0 Å². The third kappa shape index (κ3) is 2.37. The molecule has 19 heavy (non-hydrogen) atoms. The van der Waals surface area contributed by atoms with Crippen molar-refractivity contribution < 1.29 is 13.2 Å². The summed E-state index contributed by atoms with van der Waals surface area (Å²) in [7, 11) is -3.55. The van der Waals surface area contributed by atoms with Gasteiger partial charge in [-0.3, -0.25) is 9.10 Å². The van der Waals surface area contributed by atoms with Crippen molar-refractivity contribution in [3.05, 3.63) is 29.8 Å². The minimum absolute atomic E-state index is 0.00148. The fraction of sp³-hybridized carbons (Fsp3) is 0.462. The second kappa shape index (κ2) is 5.30. The summed E-state index contributed by atoms with van der Waals surface area (Å²) in [5, 5.41) is 0. The lowest BCUT2D eigenvalue weighted by molar-refractivity contribution is 0.0982. The second-order valence-corrected chi connectivity index (χ2v) is 6.21. The largest absolute Gasteiger partial charge is 0.304 e. The van der Waals surface area contributed by atoms with Gasteiger partial charge in [0.25, 0.3) is 0 Å². The Balaban J connectivity index is 2.48. The number of rotatable bonds is 4. The van der Waals surface area contributed by atoms with Crippen molar-refractivity contribution in [3.8, 4) is 0 Å². The molecule has 0 spiro atoms. The van der Waals surface area contributed by atoms with Crippen molar-refractivity contribution in [3.63, 3.8) is 0 Å². The molecule has 0 N–H and O–H groups in total. The molecule has 5 nitrogen and oxygen atoms in total. The molecule has 1 aliphatic heterocycles. The highest BCUT2D eigenvalue weighted by Gasteiger charge is 2.33. The Kier molecular flexibility index (Phi) is 3.91. The number of fused-ring (bicyclic) bond motifs is 1. The molecule has 1 aliphatic rings. The fourth-order valence-corrected chi connectivity index (χ4v) is 3.98. The molecule has 104 valence electrons. The predicted molar refractivity (Wildman–Crippen MR) is 74.6 cm³/mol. The number of Topliss-reactive ketones (excluding diaryl/α,β-unsaturated/α-hetero) is 1. The van der Waals surface area contributed by atoms with E-state index < -0.39 is 10.2 Å². The van der Waals surface area contributed by atoms with Crippen LogP contribution in [-0.4, -0.2) is 38.1 Å². The fourth-order valence-electron chi connectivity index (χ4n) is 2.31. The summed E-state index contributed by atoms with van der Waals surface area (Å²) in [5.41, 5.74) is 0.982. The molecule has 0 saturated heterocycles. The highest BCUT2D eigenvalue weighted by atomic mass is 32.2. The molecule has 0 amide bonds. The number of hydrogen-bond donors (Lipinski definition) is 0. The van der Waals surface area contributed by atoms with Crippen LogP contribution in [0.5, 0.6) is 0 Å². The Morgan fingerprint density at radius 2 is 1.84 bits per heavy atom. The zero-order valence-electron chi connectivity index (χ0n) is 11.2. The molecular weight excluding hydrogens is 264 g/mol. The van der Waals surface area contributed by atoms with Gasteiger partial charge in [-0.1, -0.05) is 26.0 Å². The molecule has 0 bridgehead atoms. The maximum atomic E-state index is 12.6. The second-order valence-electron chi connectivity index (χ2n) is 4.35. The Bertz CT molecular complexity index is 579. The Hall–Kier alpha value is -1.40. The molecule has 0 atom stereocenters. The predicted octanol–water partition coefficient (Wildman–Crippen LogP) is 1.67. The highest BCUT2D eigenvalue weighted by Crippen LogP contribution is 2.30. The summed E-state index contributed by atoms with van der Waals surface area (Å²) < 4.78 is 27.9. The van der Waals surface area contributed by atoms with Crippen molar-refractivity contribution in [2.24, 2.45) is 0 Å². The molecule has 0 saturated carbocycles. The minimum atomic E-state index is -3.55. The maximum Gasteiger partial charge on any atom is 0.304 e. The van der Waals surface area contributed by atoms with Crippen LogP contribution < -0.4 is 4.31 Å². The van der Waals surface area contributed by atoms with Gasteiger partial charge < -0.3 is 0 Å². The van der Waals surface area contributed by atoms with Crippen molar-refractivity contribution in [1.29, 1.82) is 0 Å². The summed E-state index contributed by atoms with van der Waals surface area (Å²) >= 11 is 0. The van der Waals surface area contributed by atoms with E-state index in [9.17, 15) is 13.2 Å². The van der Waals surface area contributed by atoms with E-state index in [0.717, 1.165) is 0 Å². The van der Waals surface area contributed by atoms with Crippen LogP contribution in [0.1, 0.15) is 30.6 Å². The first kappa shape index (κ1) is 14.0. The van der Waals surface area contributed by atoms with Crippen molar-refractivity contribution in [1.82, 2.24) is 4.31 Å². The molecule has 0 radical (unpaired) electrons. The minimum Gasteiger partial charge on any atom is -0.294 e. The average molecular weight is 282 g/mol. The van der Waals surface area contributed by atoms with E-state index in [2.05, 4.69) is 0 Å². The number of benzene rings is 1. The topological polar surface area (TPSA) is 57.7 Å². The summed E-state index contributed by atoms with van der Waals surface area (Å²) in [6.45, 7) is 4.68. The third-order valence-corrected chi connectivity index (χ3v) is 5.43. The first-order chi connectivity index (χ1) is 9.02. The Labute approximate surface area is 114 Å². The lowest BCUT2D eigenvalue weighted by Gasteiger charge is -2.33. The van der Waals surface area contributed by atoms with Gasteiger partial charge >= 0.3 is 10.2 Å². The molecule has 0 aromatic heterocycles. The Morgan fingerprint density at radius 1 is 1.21 bits per heavy atom. The number of carbonyl (C=O) groups is 1. The van der Waals surface area contributed by atoms with Gasteiger partial charge in [0.15, 0.2) is 5.78 Å². The lowest BCUT2D eigenvalue weighted by Crippen LogP contribution is -2.46. The van der Waals surface area contributed by atoms with E-state index in [1.165, 1.54) is 8.61 Å².